The topological polar surface area (TPSA) is 237 Å². The first-order valence-corrected chi connectivity index (χ1v) is 46.6. The van der Waals surface area contributed by atoms with E-state index in [2.05, 4.69) is 34.6 Å². The molecular formula is C84H164O17P2. The van der Waals surface area contributed by atoms with E-state index in [4.69, 9.17) is 37.0 Å². The largest absolute Gasteiger partial charge is 0.472 e. The lowest BCUT2D eigenvalue weighted by molar-refractivity contribution is -0.161. The van der Waals surface area contributed by atoms with Crippen molar-refractivity contribution in [1.29, 1.82) is 0 Å². The van der Waals surface area contributed by atoms with Gasteiger partial charge in [0.2, 0.25) is 0 Å². The molecule has 0 saturated carbocycles. The first-order chi connectivity index (χ1) is 50.0. The fourth-order valence-corrected chi connectivity index (χ4v) is 14.7. The summed E-state index contributed by atoms with van der Waals surface area (Å²) in [6, 6.07) is 0. The average Bonchev–Trinajstić information content (AvgIpc) is 0.967. The molecule has 19 heteroatoms. The molecular weight excluding hydrogens is 1340 g/mol. The van der Waals surface area contributed by atoms with Crippen LogP contribution in [0.15, 0.2) is 0 Å². The Morgan fingerprint density at radius 1 is 0.262 bits per heavy atom. The zero-order valence-electron chi connectivity index (χ0n) is 67.5. The molecule has 0 fully saturated rings. The molecule has 0 bridgehead atoms. The van der Waals surface area contributed by atoms with Crippen LogP contribution in [0.4, 0.5) is 0 Å². The molecule has 0 aromatic rings. The number of hydrogen-bond acceptors (Lipinski definition) is 15. The van der Waals surface area contributed by atoms with E-state index in [-0.39, 0.29) is 25.7 Å². The van der Waals surface area contributed by atoms with Gasteiger partial charge in [-0.25, -0.2) is 9.13 Å². The summed E-state index contributed by atoms with van der Waals surface area (Å²) in [5, 5.41) is 10.7. The third-order valence-electron chi connectivity index (χ3n) is 19.8. The molecule has 0 aliphatic carbocycles. The van der Waals surface area contributed by atoms with Crippen molar-refractivity contribution in [3.8, 4) is 0 Å². The van der Waals surface area contributed by atoms with Crippen molar-refractivity contribution in [2.24, 2.45) is 5.92 Å². The second-order valence-corrected chi connectivity index (χ2v) is 33.6. The normalized spacial score (nSPS) is 13.8. The van der Waals surface area contributed by atoms with Crippen LogP contribution in [0.5, 0.6) is 0 Å². The third-order valence-corrected chi connectivity index (χ3v) is 21.7. The number of ether oxygens (including phenoxy) is 4. The number of phosphoric acid groups is 2. The maximum Gasteiger partial charge on any atom is 0.472 e. The maximum absolute atomic E-state index is 13.1. The molecule has 0 radical (unpaired) electrons. The fraction of sp³-hybridized carbons (Fsp3) is 0.952. The maximum atomic E-state index is 13.1. The summed E-state index contributed by atoms with van der Waals surface area (Å²) >= 11 is 0. The lowest BCUT2D eigenvalue weighted by Gasteiger charge is -2.21. The lowest BCUT2D eigenvalue weighted by atomic mass is 10.0. The molecule has 17 nitrogen and oxygen atoms in total. The Labute approximate surface area is 632 Å². The Morgan fingerprint density at radius 2 is 0.447 bits per heavy atom. The van der Waals surface area contributed by atoms with Crippen LogP contribution in [0.25, 0.3) is 0 Å². The van der Waals surface area contributed by atoms with Crippen molar-refractivity contribution >= 4 is 39.5 Å². The number of hydrogen-bond donors (Lipinski definition) is 3. The minimum absolute atomic E-state index is 0.109. The van der Waals surface area contributed by atoms with Crippen molar-refractivity contribution in [2.45, 2.75) is 470 Å². The highest BCUT2D eigenvalue weighted by Crippen LogP contribution is 2.45. The minimum atomic E-state index is -4.96. The van der Waals surface area contributed by atoms with Gasteiger partial charge in [0.05, 0.1) is 26.4 Å². The molecule has 2 unspecified atom stereocenters. The van der Waals surface area contributed by atoms with Gasteiger partial charge in [-0.15, -0.1) is 0 Å². The zero-order chi connectivity index (χ0) is 75.5. The van der Waals surface area contributed by atoms with Gasteiger partial charge in [0.1, 0.15) is 19.3 Å². The Bertz CT molecular complexity index is 1960. The van der Waals surface area contributed by atoms with E-state index in [0.717, 1.165) is 95.8 Å². The SMILES string of the molecule is CCCCCCCCCCCCCCCCCCCCC(=O)OC[C@H](COP(=O)(O)OC[C@@H](O)COP(=O)(O)OC[C@@H](COC(=O)CCCCCCCCCCCCCC)OC(=O)CCCCCCCCCCCCCCCCC)OC(=O)CCCCCCCCCCCCCCCCCC(C)C. The first kappa shape index (κ1) is 101. The van der Waals surface area contributed by atoms with E-state index < -0.39 is 97.5 Å². The summed E-state index contributed by atoms with van der Waals surface area (Å²) in [4.78, 5) is 73.2. The van der Waals surface area contributed by atoms with Crippen LogP contribution in [0, 0.1) is 5.92 Å². The monoisotopic (exact) mass is 1510 g/mol. The zero-order valence-corrected chi connectivity index (χ0v) is 69.3. The Hall–Kier alpha value is -1.94. The number of carbonyl (C=O) groups is 4. The second-order valence-electron chi connectivity index (χ2n) is 30.7. The molecule has 0 aromatic carbocycles. The highest BCUT2D eigenvalue weighted by atomic mass is 31.2. The molecule has 0 spiro atoms. The number of esters is 4. The van der Waals surface area contributed by atoms with Crippen LogP contribution in [0.3, 0.4) is 0 Å². The summed E-state index contributed by atoms with van der Waals surface area (Å²) in [5.41, 5.74) is 0. The van der Waals surface area contributed by atoms with Crippen LogP contribution >= 0.6 is 15.6 Å². The summed E-state index contributed by atoms with van der Waals surface area (Å²) in [6.45, 7) is 7.39. The number of aliphatic hydroxyl groups excluding tert-OH is 1. The number of unbranched alkanes of at least 4 members (excludes halogenated alkanes) is 56. The predicted molar refractivity (Wildman–Crippen MR) is 423 cm³/mol. The lowest BCUT2D eigenvalue weighted by Crippen LogP contribution is -2.30. The smallest absolute Gasteiger partial charge is 0.462 e. The summed E-state index contributed by atoms with van der Waals surface area (Å²) < 4.78 is 68.9. The van der Waals surface area contributed by atoms with Crippen LogP contribution in [0.2, 0.25) is 0 Å². The third kappa shape index (κ3) is 78.0. The minimum Gasteiger partial charge on any atom is -0.462 e. The van der Waals surface area contributed by atoms with Crippen molar-refractivity contribution in [3.05, 3.63) is 0 Å². The van der Waals surface area contributed by atoms with Gasteiger partial charge >= 0.3 is 39.5 Å². The van der Waals surface area contributed by atoms with Gasteiger partial charge in [-0.3, -0.25) is 37.3 Å². The average molecular weight is 1510 g/mol. The van der Waals surface area contributed by atoms with Gasteiger partial charge in [-0.2, -0.15) is 0 Å². The van der Waals surface area contributed by atoms with Crippen molar-refractivity contribution < 1.29 is 80.2 Å². The van der Waals surface area contributed by atoms with Crippen LogP contribution in [0.1, 0.15) is 452 Å². The molecule has 103 heavy (non-hydrogen) atoms. The molecule has 0 aromatic heterocycles. The molecule has 0 saturated heterocycles. The van der Waals surface area contributed by atoms with E-state index in [1.807, 2.05) is 0 Å². The Morgan fingerprint density at radius 3 is 0.660 bits per heavy atom. The molecule has 0 amide bonds. The molecule has 5 atom stereocenters. The van der Waals surface area contributed by atoms with Gasteiger partial charge < -0.3 is 33.8 Å². The van der Waals surface area contributed by atoms with Gasteiger partial charge in [-0.05, 0) is 31.6 Å². The van der Waals surface area contributed by atoms with E-state index in [1.54, 1.807) is 0 Å². The van der Waals surface area contributed by atoms with Gasteiger partial charge in [0.15, 0.2) is 12.2 Å². The summed E-state index contributed by atoms with van der Waals surface area (Å²) in [5.74, 6) is -1.30. The molecule has 3 N–H and O–H groups in total. The van der Waals surface area contributed by atoms with Gasteiger partial charge in [0.25, 0.3) is 0 Å². The van der Waals surface area contributed by atoms with E-state index >= 15 is 0 Å². The molecule has 0 aliphatic rings. The molecule has 0 rings (SSSR count). The molecule has 0 heterocycles. The van der Waals surface area contributed by atoms with Crippen LogP contribution in [-0.2, 0) is 65.4 Å². The van der Waals surface area contributed by atoms with Crippen LogP contribution < -0.4 is 0 Å². The Balaban J connectivity index is 5.25. The van der Waals surface area contributed by atoms with Gasteiger partial charge in [0, 0.05) is 25.7 Å². The standard InChI is InChI=1S/C84H164O17P2/c1-6-9-12-15-18-21-24-27-29-30-31-35-38-43-48-53-58-63-68-82(87)95-74-80(101-84(89)70-65-60-55-50-45-40-36-32-34-37-41-46-51-56-61-66-77(4)5)76-99-103(92,93)97-72-78(85)71-96-102(90,91)98-75-79(73-94-81(86)67-62-57-52-47-42-26-23-20-17-14-11-8-3)100-83(88)69-64-59-54-49-44-39-33-28-25-22-19-16-13-10-7-2/h77-80,85H,6-76H2,1-5H3,(H,90,91)(H,92,93)/t78-,79+,80+/m0/s1. The quantitative estimate of drug-likeness (QED) is 0.0222. The summed E-state index contributed by atoms with van der Waals surface area (Å²) in [6.07, 6.45) is 69.2. The number of rotatable bonds is 84. The van der Waals surface area contributed by atoms with Crippen molar-refractivity contribution in [1.82, 2.24) is 0 Å². The van der Waals surface area contributed by atoms with Crippen molar-refractivity contribution in [2.75, 3.05) is 39.6 Å². The van der Waals surface area contributed by atoms with Crippen molar-refractivity contribution in [3.63, 3.8) is 0 Å². The summed E-state index contributed by atoms with van der Waals surface area (Å²) in [7, 11) is -9.92. The van der Waals surface area contributed by atoms with E-state index in [1.165, 1.54) is 276 Å². The molecule has 0 aliphatic heterocycles. The number of phosphoric ester groups is 2. The first-order valence-electron chi connectivity index (χ1n) is 43.6. The second kappa shape index (κ2) is 76.8. The highest BCUT2D eigenvalue weighted by Gasteiger charge is 2.30. The number of carbonyl (C=O) groups excluding carboxylic acids is 4. The van der Waals surface area contributed by atoms with E-state index in [0.29, 0.717) is 25.7 Å². The van der Waals surface area contributed by atoms with Crippen LogP contribution in [-0.4, -0.2) is 96.7 Å². The molecule has 612 valence electrons. The Kier molecular flexibility index (Phi) is 75.4. The predicted octanol–water partition coefficient (Wildman–Crippen LogP) is 25.6. The fourth-order valence-electron chi connectivity index (χ4n) is 13.1. The number of aliphatic hydroxyl groups is 1. The van der Waals surface area contributed by atoms with E-state index in [9.17, 15) is 43.2 Å². The highest BCUT2D eigenvalue weighted by molar-refractivity contribution is 7.47. The van der Waals surface area contributed by atoms with Gasteiger partial charge in [-0.1, -0.05) is 401 Å².